The highest BCUT2D eigenvalue weighted by Crippen LogP contribution is 2.38. The summed E-state index contributed by atoms with van der Waals surface area (Å²) in [5.41, 5.74) is 1.14. The molecule has 2 heterocycles. The Kier molecular flexibility index (Phi) is 5.37. The van der Waals surface area contributed by atoms with Crippen molar-refractivity contribution < 1.29 is 19.4 Å². The van der Waals surface area contributed by atoms with E-state index in [9.17, 15) is 5.11 Å². The normalized spacial score (nSPS) is 37.8. The van der Waals surface area contributed by atoms with E-state index in [-0.39, 0.29) is 36.4 Å². The summed E-state index contributed by atoms with van der Waals surface area (Å²) in [4.78, 5) is 5.96. The number of hydrogen-bond donors (Lipinski definition) is 1. The number of aliphatic hydroxyl groups is 1. The van der Waals surface area contributed by atoms with Crippen molar-refractivity contribution in [3.8, 4) is 0 Å². The lowest BCUT2D eigenvalue weighted by Crippen LogP contribution is -2.55. The van der Waals surface area contributed by atoms with Crippen LogP contribution >= 0.6 is 0 Å². The number of likely N-dealkylation sites (N-methyl/N-ethyl adjacent to an activating group) is 1. The molecule has 0 aromatic heterocycles. The minimum Gasteiger partial charge on any atom is -0.390 e. The predicted octanol–water partition coefficient (Wildman–Crippen LogP) is 2.16. The van der Waals surface area contributed by atoms with Crippen LogP contribution in [0.15, 0.2) is 43.0 Å². The number of rotatable bonds is 5. The van der Waals surface area contributed by atoms with E-state index >= 15 is 0 Å². The van der Waals surface area contributed by atoms with Crippen LogP contribution in [0.5, 0.6) is 0 Å². The van der Waals surface area contributed by atoms with Gasteiger partial charge in [0.25, 0.3) is 0 Å². The van der Waals surface area contributed by atoms with Crippen molar-refractivity contribution in [3.05, 3.63) is 48.6 Å². The van der Waals surface area contributed by atoms with Crippen molar-refractivity contribution in [2.45, 2.75) is 57.0 Å². The summed E-state index contributed by atoms with van der Waals surface area (Å²) in [6.45, 7) is 8.36. The van der Waals surface area contributed by atoms with E-state index in [1.165, 1.54) is 0 Å². The van der Waals surface area contributed by atoms with Crippen LogP contribution in [0, 0.1) is 5.92 Å². The SMILES string of the molecule is C=CC1O[C@H]2C(ON(C)[C@@H]2[C@@H](C)OCc2ccccc2)[C@@H](C)[C@H]1O. The van der Waals surface area contributed by atoms with E-state index < -0.39 is 6.10 Å². The highest BCUT2D eigenvalue weighted by Gasteiger charge is 2.53. The van der Waals surface area contributed by atoms with E-state index in [4.69, 9.17) is 14.3 Å². The van der Waals surface area contributed by atoms with E-state index in [1.807, 2.05) is 56.3 Å². The Bertz CT molecular complexity index is 552. The maximum Gasteiger partial charge on any atom is 0.112 e. The molecule has 0 aliphatic carbocycles. The molecule has 2 fully saturated rings. The van der Waals surface area contributed by atoms with Crippen molar-refractivity contribution in [2.75, 3.05) is 7.05 Å². The average Bonchev–Trinajstić information content (AvgIpc) is 2.93. The van der Waals surface area contributed by atoms with Crippen LogP contribution in [0.1, 0.15) is 19.4 Å². The molecule has 2 saturated heterocycles. The smallest absolute Gasteiger partial charge is 0.112 e. The zero-order chi connectivity index (χ0) is 17.3. The minimum atomic E-state index is -0.601. The summed E-state index contributed by atoms with van der Waals surface area (Å²) in [5, 5.41) is 12.1. The van der Waals surface area contributed by atoms with Gasteiger partial charge in [-0.3, -0.25) is 4.84 Å². The van der Waals surface area contributed by atoms with Gasteiger partial charge in [-0.15, -0.1) is 6.58 Å². The molecule has 1 aromatic carbocycles. The quantitative estimate of drug-likeness (QED) is 0.837. The third kappa shape index (κ3) is 3.27. The lowest BCUT2D eigenvalue weighted by molar-refractivity contribution is -0.202. The van der Waals surface area contributed by atoms with Gasteiger partial charge in [-0.05, 0) is 12.5 Å². The standard InChI is InChI=1S/C19H27NO4/c1-5-15-17(21)12(2)18-19(23-15)16(20(4)24-18)13(3)22-11-14-9-7-6-8-10-14/h5-10,12-13,15-19,21H,1,11H2,2-4H3/t12-,13+,15?,16+,17+,18?,19+/m0/s1. The van der Waals surface area contributed by atoms with Crippen LogP contribution in [-0.2, 0) is 20.9 Å². The van der Waals surface area contributed by atoms with Gasteiger partial charge in [0.15, 0.2) is 0 Å². The van der Waals surface area contributed by atoms with Crippen molar-refractivity contribution >= 4 is 0 Å². The maximum absolute atomic E-state index is 10.3. The van der Waals surface area contributed by atoms with Gasteiger partial charge < -0.3 is 14.6 Å². The first-order valence-corrected chi connectivity index (χ1v) is 8.54. The second-order valence-electron chi connectivity index (χ2n) is 6.76. The highest BCUT2D eigenvalue weighted by molar-refractivity contribution is 5.13. The Morgan fingerprint density at radius 3 is 2.71 bits per heavy atom. The molecular formula is C19H27NO4. The first-order chi connectivity index (χ1) is 11.5. The molecule has 0 amide bonds. The van der Waals surface area contributed by atoms with Gasteiger partial charge in [0, 0.05) is 13.0 Å². The van der Waals surface area contributed by atoms with Crippen LogP contribution in [0.3, 0.4) is 0 Å². The number of ether oxygens (including phenoxy) is 2. The Labute approximate surface area is 143 Å². The van der Waals surface area contributed by atoms with Crippen LogP contribution in [0.4, 0.5) is 0 Å². The topological polar surface area (TPSA) is 51.2 Å². The third-order valence-electron chi connectivity index (χ3n) is 5.14. The third-order valence-corrected chi connectivity index (χ3v) is 5.14. The predicted molar refractivity (Wildman–Crippen MR) is 91.1 cm³/mol. The van der Waals surface area contributed by atoms with Crippen molar-refractivity contribution in [1.29, 1.82) is 0 Å². The number of hydroxylamine groups is 2. The molecule has 0 spiro atoms. The zero-order valence-electron chi connectivity index (χ0n) is 14.5. The first kappa shape index (κ1) is 17.6. The molecule has 0 saturated carbocycles. The summed E-state index contributed by atoms with van der Waals surface area (Å²) < 4.78 is 12.2. The van der Waals surface area contributed by atoms with Crippen molar-refractivity contribution in [2.24, 2.45) is 5.92 Å². The molecule has 1 aromatic rings. The highest BCUT2D eigenvalue weighted by atomic mass is 16.7. The number of fused-ring (bicyclic) bond motifs is 1. The largest absolute Gasteiger partial charge is 0.390 e. The average molecular weight is 333 g/mol. The Balaban J connectivity index is 1.69. The summed E-state index contributed by atoms with van der Waals surface area (Å²) in [5.74, 6) is -0.0273. The fourth-order valence-electron chi connectivity index (χ4n) is 3.69. The zero-order valence-corrected chi connectivity index (χ0v) is 14.5. The summed E-state index contributed by atoms with van der Waals surface area (Å²) in [7, 11) is 1.90. The summed E-state index contributed by atoms with van der Waals surface area (Å²) in [6.07, 6.45) is 0.299. The molecule has 1 N–H and O–H groups in total. The van der Waals surface area contributed by atoms with Crippen LogP contribution in [-0.4, -0.2) is 53.8 Å². The van der Waals surface area contributed by atoms with E-state index in [1.54, 1.807) is 6.08 Å². The monoisotopic (exact) mass is 333 g/mol. The Morgan fingerprint density at radius 1 is 1.33 bits per heavy atom. The molecule has 2 aliphatic rings. The van der Waals surface area contributed by atoms with Crippen LogP contribution < -0.4 is 0 Å². The molecular weight excluding hydrogens is 306 g/mol. The van der Waals surface area contributed by atoms with Crippen molar-refractivity contribution in [3.63, 3.8) is 0 Å². The van der Waals surface area contributed by atoms with Gasteiger partial charge in [-0.25, -0.2) is 0 Å². The van der Waals surface area contributed by atoms with E-state index in [2.05, 4.69) is 6.58 Å². The van der Waals surface area contributed by atoms with Gasteiger partial charge in [-0.2, -0.15) is 5.06 Å². The molecule has 0 bridgehead atoms. The molecule has 7 atom stereocenters. The molecule has 0 radical (unpaired) electrons. The Hall–Kier alpha value is -1.24. The number of benzene rings is 1. The number of nitrogens with zero attached hydrogens (tertiary/aromatic N) is 1. The van der Waals surface area contributed by atoms with Gasteiger partial charge in [0.05, 0.1) is 24.9 Å². The fraction of sp³-hybridized carbons (Fsp3) is 0.579. The molecule has 24 heavy (non-hydrogen) atoms. The molecule has 3 rings (SSSR count). The van der Waals surface area contributed by atoms with E-state index in [0.717, 1.165) is 5.56 Å². The van der Waals surface area contributed by atoms with Crippen molar-refractivity contribution in [1.82, 2.24) is 5.06 Å². The molecule has 2 unspecified atom stereocenters. The lowest BCUT2D eigenvalue weighted by atomic mass is 9.84. The second-order valence-corrected chi connectivity index (χ2v) is 6.76. The maximum atomic E-state index is 10.3. The second kappa shape index (κ2) is 7.33. The molecule has 132 valence electrons. The fourth-order valence-corrected chi connectivity index (χ4v) is 3.69. The van der Waals surface area contributed by atoms with Crippen LogP contribution in [0.25, 0.3) is 0 Å². The Morgan fingerprint density at radius 2 is 2.04 bits per heavy atom. The van der Waals surface area contributed by atoms with Gasteiger partial charge in [0.1, 0.15) is 18.3 Å². The number of aliphatic hydroxyl groups excluding tert-OH is 1. The first-order valence-electron chi connectivity index (χ1n) is 8.54. The lowest BCUT2D eigenvalue weighted by Gasteiger charge is -2.40. The summed E-state index contributed by atoms with van der Waals surface area (Å²) >= 11 is 0. The molecule has 2 aliphatic heterocycles. The van der Waals surface area contributed by atoms with Gasteiger partial charge >= 0.3 is 0 Å². The van der Waals surface area contributed by atoms with Gasteiger partial charge in [-0.1, -0.05) is 43.3 Å². The minimum absolute atomic E-state index is 0.0273. The number of hydrogen-bond acceptors (Lipinski definition) is 5. The van der Waals surface area contributed by atoms with Crippen LogP contribution in [0.2, 0.25) is 0 Å². The van der Waals surface area contributed by atoms with Gasteiger partial charge in [0.2, 0.25) is 0 Å². The summed E-state index contributed by atoms with van der Waals surface area (Å²) in [6, 6.07) is 10.1. The molecule has 5 nitrogen and oxygen atoms in total. The molecule has 5 heteroatoms. The van der Waals surface area contributed by atoms with E-state index in [0.29, 0.717) is 6.61 Å².